The normalized spacial score (nSPS) is 20.3. The molecule has 0 saturated heterocycles. The Morgan fingerprint density at radius 2 is 2.29 bits per heavy atom. The Kier molecular flexibility index (Phi) is 1.50. The monoisotopic (exact) mass is 187 g/mol. The minimum Gasteiger partial charge on any atom is -0.388 e. The highest BCUT2D eigenvalue weighted by Crippen LogP contribution is 2.37. The fourth-order valence-electron chi connectivity index (χ4n) is 2.44. The second-order valence-electron chi connectivity index (χ2n) is 4.07. The fraction of sp³-hybridized carbons (Fsp3) is 0.333. The maximum absolute atomic E-state index is 9.84. The third-order valence-corrected chi connectivity index (χ3v) is 3.16. The highest BCUT2D eigenvalue weighted by Gasteiger charge is 2.24. The Hall–Kier alpha value is -1.28. The van der Waals surface area contributed by atoms with E-state index in [-0.39, 0.29) is 6.10 Å². The predicted molar refractivity (Wildman–Crippen MR) is 56.3 cm³/mol. The molecule has 2 nitrogen and oxygen atoms in total. The van der Waals surface area contributed by atoms with Crippen molar-refractivity contribution >= 4 is 10.9 Å². The summed E-state index contributed by atoms with van der Waals surface area (Å²) in [6.07, 6.45) is 1.58. The van der Waals surface area contributed by atoms with Crippen molar-refractivity contribution in [3.8, 4) is 0 Å². The molecule has 2 N–H and O–H groups in total. The van der Waals surface area contributed by atoms with Crippen molar-refractivity contribution in [2.45, 2.75) is 25.9 Å². The summed E-state index contributed by atoms with van der Waals surface area (Å²) < 4.78 is 0. The van der Waals surface area contributed by atoms with Gasteiger partial charge in [0.15, 0.2) is 0 Å². The molecule has 3 rings (SSSR count). The average Bonchev–Trinajstić information content (AvgIpc) is 2.68. The molecule has 0 radical (unpaired) electrons. The molecule has 72 valence electrons. The number of benzene rings is 1. The van der Waals surface area contributed by atoms with Crippen LogP contribution in [0.2, 0.25) is 0 Å². The number of aromatic nitrogens is 1. The molecule has 0 aliphatic heterocycles. The van der Waals surface area contributed by atoms with Crippen LogP contribution in [0.15, 0.2) is 18.2 Å². The lowest BCUT2D eigenvalue weighted by atomic mass is 10.1. The highest BCUT2D eigenvalue weighted by atomic mass is 16.3. The molecular weight excluding hydrogens is 174 g/mol. The average molecular weight is 187 g/mol. The van der Waals surface area contributed by atoms with Gasteiger partial charge in [0.2, 0.25) is 0 Å². The van der Waals surface area contributed by atoms with Crippen molar-refractivity contribution in [3.63, 3.8) is 0 Å². The lowest BCUT2D eigenvalue weighted by Gasteiger charge is -2.02. The minimum atomic E-state index is -0.263. The van der Waals surface area contributed by atoms with Crippen molar-refractivity contribution in [3.05, 3.63) is 35.0 Å². The summed E-state index contributed by atoms with van der Waals surface area (Å²) in [6, 6.07) is 6.24. The van der Waals surface area contributed by atoms with E-state index in [2.05, 4.69) is 30.1 Å². The SMILES string of the molecule is Cc1cccc2c3c([nH]c12)CCC3O. The Bertz CT molecular complexity index is 498. The third-order valence-electron chi connectivity index (χ3n) is 3.16. The smallest absolute Gasteiger partial charge is 0.0817 e. The largest absolute Gasteiger partial charge is 0.388 e. The number of aromatic amines is 1. The van der Waals surface area contributed by atoms with Gasteiger partial charge in [-0.3, -0.25) is 0 Å². The van der Waals surface area contributed by atoms with Crippen LogP contribution in [0.5, 0.6) is 0 Å². The van der Waals surface area contributed by atoms with E-state index in [1.807, 2.05) is 0 Å². The summed E-state index contributed by atoms with van der Waals surface area (Å²) in [5.41, 5.74) is 4.80. The van der Waals surface area contributed by atoms with Gasteiger partial charge in [-0.05, 0) is 25.3 Å². The Balaban J connectivity index is 2.41. The Labute approximate surface area is 82.6 Å². The van der Waals surface area contributed by atoms with E-state index >= 15 is 0 Å². The first-order valence-electron chi connectivity index (χ1n) is 5.05. The molecule has 1 heterocycles. The predicted octanol–water partition coefficient (Wildman–Crippen LogP) is 2.46. The maximum Gasteiger partial charge on any atom is 0.0817 e. The maximum atomic E-state index is 9.84. The zero-order valence-electron chi connectivity index (χ0n) is 8.17. The van der Waals surface area contributed by atoms with Crippen molar-refractivity contribution in [1.82, 2.24) is 4.98 Å². The Morgan fingerprint density at radius 1 is 1.43 bits per heavy atom. The molecule has 1 aliphatic rings. The van der Waals surface area contributed by atoms with Crippen LogP contribution in [0.25, 0.3) is 10.9 Å². The molecule has 0 spiro atoms. The number of hydrogen-bond donors (Lipinski definition) is 2. The molecule has 2 aromatic rings. The minimum absolute atomic E-state index is 0.263. The molecule has 0 amide bonds. The molecule has 14 heavy (non-hydrogen) atoms. The van der Waals surface area contributed by atoms with Crippen molar-refractivity contribution in [2.24, 2.45) is 0 Å². The summed E-state index contributed by atoms with van der Waals surface area (Å²) in [4.78, 5) is 3.41. The molecule has 0 bridgehead atoms. The van der Waals surface area contributed by atoms with E-state index < -0.39 is 0 Å². The number of fused-ring (bicyclic) bond motifs is 3. The molecule has 2 heteroatoms. The zero-order valence-corrected chi connectivity index (χ0v) is 8.17. The first kappa shape index (κ1) is 8.06. The summed E-state index contributed by atoms with van der Waals surface area (Å²) in [5.74, 6) is 0. The van der Waals surface area contributed by atoms with Crippen LogP contribution < -0.4 is 0 Å². The van der Waals surface area contributed by atoms with Gasteiger partial charge in [0, 0.05) is 22.2 Å². The molecule has 1 aromatic heterocycles. The lowest BCUT2D eigenvalue weighted by molar-refractivity contribution is 0.181. The molecule has 1 atom stereocenters. The van der Waals surface area contributed by atoms with Crippen molar-refractivity contribution < 1.29 is 5.11 Å². The number of hydrogen-bond acceptors (Lipinski definition) is 1. The first-order valence-corrected chi connectivity index (χ1v) is 5.05. The molecule has 0 saturated carbocycles. The number of nitrogens with one attached hydrogen (secondary N) is 1. The van der Waals surface area contributed by atoms with Gasteiger partial charge in [0.25, 0.3) is 0 Å². The van der Waals surface area contributed by atoms with Crippen LogP contribution in [0, 0.1) is 6.92 Å². The van der Waals surface area contributed by atoms with E-state index in [0.29, 0.717) is 0 Å². The van der Waals surface area contributed by atoms with Gasteiger partial charge in [-0.1, -0.05) is 18.2 Å². The lowest BCUT2D eigenvalue weighted by Crippen LogP contribution is -1.89. The number of H-pyrrole nitrogens is 1. The summed E-state index contributed by atoms with van der Waals surface area (Å²) in [5, 5.41) is 11.0. The number of aliphatic hydroxyl groups is 1. The van der Waals surface area contributed by atoms with Crippen LogP contribution in [-0.2, 0) is 6.42 Å². The van der Waals surface area contributed by atoms with Gasteiger partial charge in [-0.15, -0.1) is 0 Å². The van der Waals surface area contributed by atoms with Gasteiger partial charge in [-0.2, -0.15) is 0 Å². The first-order chi connectivity index (χ1) is 6.77. The van der Waals surface area contributed by atoms with Crippen LogP contribution >= 0.6 is 0 Å². The molecule has 1 aromatic carbocycles. The van der Waals surface area contributed by atoms with Gasteiger partial charge >= 0.3 is 0 Å². The second kappa shape index (κ2) is 2.61. The highest BCUT2D eigenvalue weighted by molar-refractivity contribution is 5.88. The van der Waals surface area contributed by atoms with E-state index in [1.54, 1.807) is 0 Å². The van der Waals surface area contributed by atoms with Gasteiger partial charge in [0.05, 0.1) is 6.10 Å². The number of aliphatic hydroxyl groups excluding tert-OH is 1. The van der Waals surface area contributed by atoms with Gasteiger partial charge in [-0.25, -0.2) is 0 Å². The van der Waals surface area contributed by atoms with Crippen molar-refractivity contribution in [2.75, 3.05) is 0 Å². The molecule has 1 unspecified atom stereocenters. The summed E-state index contributed by atoms with van der Waals surface area (Å²) in [7, 11) is 0. The van der Waals surface area contributed by atoms with Gasteiger partial charge < -0.3 is 10.1 Å². The van der Waals surface area contributed by atoms with E-state index in [9.17, 15) is 5.11 Å². The van der Waals surface area contributed by atoms with Crippen LogP contribution in [0.1, 0.15) is 29.3 Å². The third kappa shape index (κ3) is 0.891. The van der Waals surface area contributed by atoms with E-state index in [0.717, 1.165) is 18.4 Å². The van der Waals surface area contributed by atoms with Crippen LogP contribution in [0.4, 0.5) is 0 Å². The topological polar surface area (TPSA) is 36.0 Å². The van der Waals surface area contributed by atoms with Crippen LogP contribution in [0.3, 0.4) is 0 Å². The number of rotatable bonds is 0. The Morgan fingerprint density at radius 3 is 3.14 bits per heavy atom. The zero-order chi connectivity index (χ0) is 9.71. The van der Waals surface area contributed by atoms with E-state index in [4.69, 9.17) is 0 Å². The summed E-state index contributed by atoms with van der Waals surface area (Å²) in [6.45, 7) is 2.10. The molecular formula is C12H13NO. The van der Waals surface area contributed by atoms with E-state index in [1.165, 1.54) is 22.2 Å². The standard InChI is InChI=1S/C12H13NO/c1-7-3-2-4-8-11-9(13-12(7)8)5-6-10(11)14/h2-4,10,13-14H,5-6H2,1H3. The molecule has 1 aliphatic carbocycles. The number of aryl methyl sites for hydroxylation is 2. The quantitative estimate of drug-likeness (QED) is 0.653. The second-order valence-corrected chi connectivity index (χ2v) is 4.07. The fourth-order valence-corrected chi connectivity index (χ4v) is 2.44. The number of para-hydroxylation sites is 1. The molecule has 0 fully saturated rings. The van der Waals surface area contributed by atoms with Crippen LogP contribution in [-0.4, -0.2) is 10.1 Å². The van der Waals surface area contributed by atoms with Crippen molar-refractivity contribution in [1.29, 1.82) is 0 Å². The van der Waals surface area contributed by atoms with Gasteiger partial charge in [0.1, 0.15) is 0 Å². The summed E-state index contributed by atoms with van der Waals surface area (Å²) >= 11 is 0.